The number of thiazole rings is 1. The molecule has 0 saturated carbocycles. The number of hydrogen-bond acceptors (Lipinski definition) is 5. The van der Waals surface area contributed by atoms with E-state index in [1.165, 1.54) is 41.4 Å². The lowest BCUT2D eigenvalue weighted by Crippen LogP contribution is -2.35. The molecule has 0 atom stereocenters. The van der Waals surface area contributed by atoms with Crippen molar-refractivity contribution in [2.24, 2.45) is 0 Å². The van der Waals surface area contributed by atoms with Crippen molar-refractivity contribution in [3.8, 4) is 0 Å². The summed E-state index contributed by atoms with van der Waals surface area (Å²) in [6, 6.07) is 9.79. The van der Waals surface area contributed by atoms with Crippen LogP contribution in [-0.2, 0) is 16.1 Å². The molecule has 3 rings (SSSR count). The number of carbonyl (C=O) groups is 2. The van der Waals surface area contributed by atoms with E-state index in [1.54, 1.807) is 40.9 Å². The lowest BCUT2D eigenvalue weighted by molar-refractivity contribution is -0.128. The molecule has 2 amide bonds. The van der Waals surface area contributed by atoms with Gasteiger partial charge in [0.2, 0.25) is 11.8 Å². The van der Waals surface area contributed by atoms with Gasteiger partial charge in [0.1, 0.15) is 5.82 Å². The Morgan fingerprint density at radius 3 is 2.61 bits per heavy atom. The number of pyridine rings is 1. The minimum Gasteiger partial charge on any atom is -0.332 e. The molecule has 0 radical (unpaired) electrons. The largest absolute Gasteiger partial charge is 0.332 e. The summed E-state index contributed by atoms with van der Waals surface area (Å²) in [5.74, 6) is -1.03. The Kier molecular flexibility index (Phi) is 7.25. The standard InChI is InChI=1S/C23H23FN4O2S/c1-16(2)27(14-18-7-6-12-25-13-18)22(30)11-10-19-15-31-23(26-19)28(17(3)29)21-9-5-4-8-20(21)24/h4-13,15-16H,14H2,1-3H3/b11-10+. The van der Waals surface area contributed by atoms with Crippen LogP contribution in [0.5, 0.6) is 0 Å². The number of aromatic nitrogens is 2. The summed E-state index contributed by atoms with van der Waals surface area (Å²) >= 11 is 1.20. The number of halogens is 1. The minimum atomic E-state index is -0.511. The lowest BCUT2D eigenvalue weighted by Gasteiger charge is -2.25. The summed E-state index contributed by atoms with van der Waals surface area (Å²) < 4.78 is 14.2. The highest BCUT2D eigenvalue weighted by atomic mass is 32.1. The fourth-order valence-electron chi connectivity index (χ4n) is 2.95. The number of benzene rings is 1. The highest BCUT2D eigenvalue weighted by Crippen LogP contribution is 2.31. The maximum Gasteiger partial charge on any atom is 0.247 e. The van der Waals surface area contributed by atoms with Gasteiger partial charge < -0.3 is 4.90 Å². The highest BCUT2D eigenvalue weighted by Gasteiger charge is 2.21. The zero-order chi connectivity index (χ0) is 22.4. The van der Waals surface area contributed by atoms with Crippen LogP contribution >= 0.6 is 11.3 Å². The van der Waals surface area contributed by atoms with E-state index in [9.17, 15) is 14.0 Å². The Morgan fingerprint density at radius 2 is 1.97 bits per heavy atom. The predicted octanol–water partition coefficient (Wildman–Crippen LogP) is 4.81. The third kappa shape index (κ3) is 5.61. The van der Waals surface area contributed by atoms with Crippen molar-refractivity contribution in [2.45, 2.75) is 33.4 Å². The van der Waals surface area contributed by atoms with Crippen LogP contribution in [0.15, 0.2) is 60.2 Å². The summed E-state index contributed by atoms with van der Waals surface area (Å²) in [4.78, 5) is 36.3. The molecule has 0 bridgehead atoms. The summed E-state index contributed by atoms with van der Waals surface area (Å²) in [6.07, 6.45) is 6.48. The second kappa shape index (κ2) is 10.1. The van der Waals surface area contributed by atoms with Gasteiger partial charge in [-0.3, -0.25) is 19.5 Å². The molecule has 6 nitrogen and oxygen atoms in total. The third-order valence-corrected chi connectivity index (χ3v) is 5.33. The molecule has 0 fully saturated rings. The fraction of sp³-hybridized carbons (Fsp3) is 0.217. The average molecular weight is 439 g/mol. The number of amides is 2. The van der Waals surface area contributed by atoms with Crippen molar-refractivity contribution < 1.29 is 14.0 Å². The van der Waals surface area contributed by atoms with Crippen LogP contribution in [0.2, 0.25) is 0 Å². The van der Waals surface area contributed by atoms with Gasteiger partial charge in [-0.25, -0.2) is 9.37 Å². The highest BCUT2D eigenvalue weighted by molar-refractivity contribution is 7.14. The molecule has 2 heterocycles. The Labute approximate surface area is 184 Å². The van der Waals surface area contributed by atoms with E-state index in [-0.39, 0.29) is 23.5 Å². The average Bonchev–Trinajstić information content (AvgIpc) is 3.20. The molecule has 0 spiro atoms. The monoisotopic (exact) mass is 438 g/mol. The van der Waals surface area contributed by atoms with Crippen LogP contribution in [-0.4, -0.2) is 32.7 Å². The second-order valence-electron chi connectivity index (χ2n) is 7.12. The quantitative estimate of drug-likeness (QED) is 0.497. The molecule has 160 valence electrons. The van der Waals surface area contributed by atoms with Gasteiger partial charge in [-0.15, -0.1) is 11.3 Å². The van der Waals surface area contributed by atoms with Crippen LogP contribution in [0.25, 0.3) is 6.08 Å². The van der Waals surface area contributed by atoms with E-state index in [4.69, 9.17) is 0 Å². The van der Waals surface area contributed by atoms with Gasteiger partial charge in [0.15, 0.2) is 5.13 Å². The first-order valence-electron chi connectivity index (χ1n) is 9.75. The SMILES string of the molecule is CC(=O)N(c1nc(/C=C/C(=O)N(Cc2cccnc2)C(C)C)cs1)c1ccccc1F. The van der Waals surface area contributed by atoms with Gasteiger partial charge in [-0.2, -0.15) is 0 Å². The normalized spacial score (nSPS) is 11.1. The second-order valence-corrected chi connectivity index (χ2v) is 7.95. The van der Waals surface area contributed by atoms with Gasteiger partial charge in [0, 0.05) is 43.4 Å². The van der Waals surface area contributed by atoms with Crippen molar-refractivity contribution in [1.29, 1.82) is 0 Å². The fourth-order valence-corrected chi connectivity index (χ4v) is 3.80. The number of nitrogens with zero attached hydrogens (tertiary/aromatic N) is 4. The van der Waals surface area contributed by atoms with Crippen LogP contribution in [0, 0.1) is 5.82 Å². The number of rotatable bonds is 7. The molecule has 2 aromatic heterocycles. The first-order valence-corrected chi connectivity index (χ1v) is 10.6. The molecular weight excluding hydrogens is 415 g/mol. The van der Waals surface area contributed by atoms with E-state index in [1.807, 2.05) is 26.0 Å². The summed E-state index contributed by atoms with van der Waals surface area (Å²) in [5.41, 5.74) is 1.59. The zero-order valence-corrected chi connectivity index (χ0v) is 18.3. The van der Waals surface area contributed by atoms with Crippen molar-refractivity contribution in [1.82, 2.24) is 14.9 Å². The number of hydrogen-bond donors (Lipinski definition) is 0. The van der Waals surface area contributed by atoms with Gasteiger partial charge in [-0.1, -0.05) is 18.2 Å². The molecule has 8 heteroatoms. The van der Waals surface area contributed by atoms with Crippen molar-refractivity contribution in [3.63, 3.8) is 0 Å². The summed E-state index contributed by atoms with van der Waals surface area (Å²) in [5, 5.41) is 2.05. The molecule has 3 aromatic rings. The predicted molar refractivity (Wildman–Crippen MR) is 120 cm³/mol. The van der Waals surface area contributed by atoms with Gasteiger partial charge in [0.25, 0.3) is 0 Å². The topological polar surface area (TPSA) is 66.4 Å². The van der Waals surface area contributed by atoms with Crippen LogP contribution in [0.3, 0.4) is 0 Å². The number of para-hydroxylation sites is 1. The van der Waals surface area contributed by atoms with E-state index >= 15 is 0 Å². The molecule has 31 heavy (non-hydrogen) atoms. The van der Waals surface area contributed by atoms with Gasteiger partial charge in [-0.05, 0) is 43.7 Å². The van der Waals surface area contributed by atoms with E-state index in [0.29, 0.717) is 17.4 Å². The number of carbonyl (C=O) groups excluding carboxylic acids is 2. The van der Waals surface area contributed by atoms with Crippen molar-refractivity contribution >= 4 is 40.0 Å². The van der Waals surface area contributed by atoms with E-state index in [2.05, 4.69) is 9.97 Å². The molecule has 0 aliphatic carbocycles. The lowest BCUT2D eigenvalue weighted by atomic mass is 10.2. The molecule has 0 saturated heterocycles. The molecule has 0 aliphatic rings. The zero-order valence-electron chi connectivity index (χ0n) is 17.5. The molecule has 0 unspecified atom stereocenters. The Morgan fingerprint density at radius 1 is 1.19 bits per heavy atom. The van der Waals surface area contributed by atoms with Gasteiger partial charge >= 0.3 is 0 Å². The minimum absolute atomic E-state index is 0.00221. The summed E-state index contributed by atoms with van der Waals surface area (Å²) in [6.45, 7) is 5.69. The molecular formula is C23H23FN4O2S. The Bertz CT molecular complexity index is 1080. The maximum atomic E-state index is 14.2. The first kappa shape index (κ1) is 22.3. The Hall–Kier alpha value is -3.39. The molecule has 0 N–H and O–H groups in total. The maximum absolute atomic E-state index is 14.2. The first-order chi connectivity index (χ1) is 14.9. The van der Waals surface area contributed by atoms with E-state index in [0.717, 1.165) is 5.56 Å². The van der Waals surface area contributed by atoms with Crippen molar-refractivity contribution in [3.05, 3.63) is 77.3 Å². The van der Waals surface area contributed by atoms with Crippen LogP contribution < -0.4 is 4.90 Å². The van der Waals surface area contributed by atoms with Crippen LogP contribution in [0.1, 0.15) is 32.0 Å². The molecule has 0 aliphatic heterocycles. The summed E-state index contributed by atoms with van der Waals surface area (Å²) in [7, 11) is 0. The smallest absolute Gasteiger partial charge is 0.247 e. The van der Waals surface area contributed by atoms with Crippen molar-refractivity contribution in [2.75, 3.05) is 4.90 Å². The third-order valence-electron chi connectivity index (χ3n) is 4.49. The van der Waals surface area contributed by atoms with Crippen LogP contribution in [0.4, 0.5) is 15.2 Å². The Balaban J connectivity index is 1.78. The number of anilines is 2. The molecule has 1 aromatic carbocycles. The van der Waals surface area contributed by atoms with E-state index < -0.39 is 5.82 Å². The van der Waals surface area contributed by atoms with Gasteiger partial charge in [0.05, 0.1) is 11.4 Å².